The van der Waals surface area contributed by atoms with Crippen LogP contribution < -0.4 is 10.7 Å². The van der Waals surface area contributed by atoms with Crippen LogP contribution in [0, 0.1) is 0 Å². The number of hydrogen-bond donors (Lipinski definition) is 3. The number of hydrogen-bond acceptors (Lipinski definition) is 4. The molecule has 1 saturated heterocycles. The van der Waals surface area contributed by atoms with Crippen LogP contribution in [0.1, 0.15) is 54.4 Å². The summed E-state index contributed by atoms with van der Waals surface area (Å²) < 4.78 is 0. The summed E-state index contributed by atoms with van der Waals surface area (Å²) >= 11 is 0. The van der Waals surface area contributed by atoms with Crippen LogP contribution in [0.4, 0.5) is 0 Å². The van der Waals surface area contributed by atoms with Crippen molar-refractivity contribution in [2.24, 2.45) is 0 Å². The highest BCUT2D eigenvalue weighted by Gasteiger charge is 2.45. The highest BCUT2D eigenvalue weighted by atomic mass is 16.4. The Hall–Kier alpha value is -2.01. The highest BCUT2D eigenvalue weighted by molar-refractivity contribution is 5.89. The van der Waals surface area contributed by atoms with Crippen LogP contribution in [0.2, 0.25) is 0 Å². The minimum atomic E-state index is -0.871. The first-order valence-electron chi connectivity index (χ1n) is 8.99. The number of nitrogens with zero attached hydrogens (tertiary/aromatic N) is 1. The molecule has 2 aliphatic heterocycles. The van der Waals surface area contributed by atoms with Gasteiger partial charge in [0.05, 0.1) is 23.2 Å². The molecule has 0 amide bonds. The van der Waals surface area contributed by atoms with Gasteiger partial charge in [-0.05, 0) is 47.5 Å². The fraction of sp³-hybridized carbons (Fsp3) is 0.550. The van der Waals surface area contributed by atoms with Crippen LogP contribution in [0.15, 0.2) is 46.8 Å². The van der Waals surface area contributed by atoms with Crippen molar-refractivity contribution >= 4 is 5.97 Å². The lowest BCUT2D eigenvalue weighted by Gasteiger charge is -2.47. The zero-order chi connectivity index (χ0) is 18.8. The third-order valence-corrected chi connectivity index (χ3v) is 4.82. The van der Waals surface area contributed by atoms with E-state index in [-0.39, 0.29) is 17.6 Å². The maximum absolute atomic E-state index is 11.7. The quantitative estimate of drug-likeness (QED) is 0.666. The maximum atomic E-state index is 11.7. The van der Waals surface area contributed by atoms with Crippen molar-refractivity contribution in [3.63, 3.8) is 0 Å². The normalized spacial score (nSPS) is 26.9. The molecular formula is C20H31N3O2. The predicted molar refractivity (Wildman–Crippen MR) is 102 cm³/mol. The fourth-order valence-electron chi connectivity index (χ4n) is 3.50. The molecule has 0 aromatic carbocycles. The molecule has 5 nitrogen and oxygen atoms in total. The molecule has 0 aliphatic carbocycles. The minimum Gasteiger partial charge on any atom is -0.478 e. The van der Waals surface area contributed by atoms with Crippen LogP contribution in [0.5, 0.6) is 0 Å². The smallest absolute Gasteiger partial charge is 0.336 e. The second-order valence-electron chi connectivity index (χ2n) is 7.60. The zero-order valence-electron chi connectivity index (χ0n) is 16.2. The van der Waals surface area contributed by atoms with Gasteiger partial charge in [0, 0.05) is 0 Å². The van der Waals surface area contributed by atoms with Crippen LogP contribution in [-0.4, -0.2) is 33.7 Å². The molecule has 2 atom stereocenters. The monoisotopic (exact) mass is 345 g/mol. The van der Waals surface area contributed by atoms with E-state index >= 15 is 0 Å². The molecule has 25 heavy (non-hydrogen) atoms. The standard InChI is InChI=1S/C20H31N3O2/c1-7-8-9-10-13(2)11-14(3)16-12-20(5,6)23-18(21-16)17(19(24)25)15(4)22-23/h8-11,15-16,21-22H,7,12H2,1-6H3,(H,24,25)/b9-8+,13-10-,14-11+. The minimum absolute atomic E-state index is 0.112. The number of nitrogens with one attached hydrogen (secondary N) is 2. The topological polar surface area (TPSA) is 64.6 Å². The van der Waals surface area contributed by atoms with Gasteiger partial charge in [0.1, 0.15) is 5.82 Å². The Morgan fingerprint density at radius 1 is 1.40 bits per heavy atom. The van der Waals surface area contributed by atoms with Crippen molar-refractivity contribution in [1.82, 2.24) is 15.8 Å². The summed E-state index contributed by atoms with van der Waals surface area (Å²) in [5.41, 5.74) is 5.92. The molecule has 2 unspecified atom stereocenters. The first-order valence-corrected chi connectivity index (χ1v) is 8.99. The number of rotatable bonds is 5. The Morgan fingerprint density at radius 3 is 2.68 bits per heavy atom. The van der Waals surface area contributed by atoms with Crippen molar-refractivity contribution in [3.05, 3.63) is 46.8 Å². The van der Waals surface area contributed by atoms with Crippen molar-refractivity contribution < 1.29 is 9.90 Å². The predicted octanol–water partition coefficient (Wildman–Crippen LogP) is 3.49. The molecule has 0 saturated carbocycles. The third-order valence-electron chi connectivity index (χ3n) is 4.82. The maximum Gasteiger partial charge on any atom is 0.336 e. The SMILES string of the molecule is CC/C=C/C=C(C)\C=C(/C)C1CC(C)(C)N2NC(C)C(C(=O)O)=C2N1. The lowest BCUT2D eigenvalue weighted by atomic mass is 9.87. The van der Waals surface area contributed by atoms with Crippen LogP contribution in [0.25, 0.3) is 0 Å². The molecule has 138 valence electrons. The van der Waals surface area contributed by atoms with Gasteiger partial charge in [0.15, 0.2) is 0 Å². The summed E-state index contributed by atoms with van der Waals surface area (Å²) in [6.07, 6.45) is 10.4. The Bertz CT molecular complexity index is 656. The molecule has 0 bridgehead atoms. The number of carbonyl (C=O) groups is 1. The number of aliphatic carboxylic acids is 1. The Labute approximate surface area is 151 Å². The fourth-order valence-corrected chi connectivity index (χ4v) is 3.50. The largest absolute Gasteiger partial charge is 0.478 e. The first kappa shape index (κ1) is 19.3. The van der Waals surface area contributed by atoms with Crippen LogP contribution in [0.3, 0.4) is 0 Å². The van der Waals surface area contributed by atoms with Crippen molar-refractivity contribution in [2.45, 2.75) is 72.0 Å². The van der Waals surface area contributed by atoms with Gasteiger partial charge in [-0.25, -0.2) is 10.2 Å². The first-order chi connectivity index (χ1) is 11.7. The second-order valence-corrected chi connectivity index (χ2v) is 7.60. The van der Waals surface area contributed by atoms with Gasteiger partial charge < -0.3 is 10.4 Å². The van der Waals surface area contributed by atoms with E-state index in [2.05, 4.69) is 69.7 Å². The van der Waals surface area contributed by atoms with E-state index in [0.717, 1.165) is 12.8 Å². The van der Waals surface area contributed by atoms with E-state index < -0.39 is 5.97 Å². The number of allylic oxidation sites excluding steroid dienone is 5. The van der Waals surface area contributed by atoms with Gasteiger partial charge in [0.25, 0.3) is 0 Å². The van der Waals surface area contributed by atoms with Crippen molar-refractivity contribution in [1.29, 1.82) is 0 Å². The number of hydrazine groups is 1. The van der Waals surface area contributed by atoms with Gasteiger partial charge in [-0.2, -0.15) is 0 Å². The average molecular weight is 345 g/mol. The van der Waals surface area contributed by atoms with Gasteiger partial charge in [-0.3, -0.25) is 5.01 Å². The molecule has 0 radical (unpaired) electrons. The molecule has 0 aromatic heterocycles. The summed E-state index contributed by atoms with van der Waals surface area (Å²) in [4.78, 5) is 11.7. The van der Waals surface area contributed by atoms with Crippen molar-refractivity contribution in [2.75, 3.05) is 0 Å². The van der Waals surface area contributed by atoms with Gasteiger partial charge in [-0.15, -0.1) is 0 Å². The average Bonchev–Trinajstić information content (AvgIpc) is 2.84. The van der Waals surface area contributed by atoms with Crippen LogP contribution in [-0.2, 0) is 4.79 Å². The van der Waals surface area contributed by atoms with E-state index in [9.17, 15) is 9.90 Å². The molecule has 3 N–H and O–H groups in total. The molecule has 2 aliphatic rings. The van der Waals surface area contributed by atoms with E-state index in [1.54, 1.807) is 0 Å². The van der Waals surface area contributed by atoms with E-state index in [4.69, 9.17) is 0 Å². The molecule has 0 spiro atoms. The molecular weight excluding hydrogens is 314 g/mol. The molecule has 2 rings (SSSR count). The summed E-state index contributed by atoms with van der Waals surface area (Å²) in [5, 5.41) is 15.0. The lowest BCUT2D eigenvalue weighted by Crippen LogP contribution is -2.60. The summed E-state index contributed by atoms with van der Waals surface area (Å²) in [6, 6.07) is -0.0932. The van der Waals surface area contributed by atoms with Gasteiger partial charge in [-0.1, -0.05) is 42.4 Å². The Kier molecular flexibility index (Phi) is 5.78. The van der Waals surface area contributed by atoms with Crippen molar-refractivity contribution in [3.8, 4) is 0 Å². The second kappa shape index (κ2) is 7.48. The molecule has 0 aromatic rings. The number of carboxylic acids is 1. The lowest BCUT2D eigenvalue weighted by molar-refractivity contribution is -0.132. The molecule has 2 heterocycles. The van der Waals surface area contributed by atoms with Crippen LogP contribution >= 0.6 is 0 Å². The van der Waals surface area contributed by atoms with E-state index in [0.29, 0.717) is 11.4 Å². The Morgan fingerprint density at radius 2 is 2.08 bits per heavy atom. The third kappa shape index (κ3) is 4.15. The molecule has 5 heteroatoms. The zero-order valence-corrected chi connectivity index (χ0v) is 16.2. The number of carboxylic acid groups (broad SMARTS) is 1. The Balaban J connectivity index is 2.31. The number of fused-ring (bicyclic) bond motifs is 1. The van der Waals surface area contributed by atoms with Gasteiger partial charge >= 0.3 is 5.97 Å². The molecule has 1 fully saturated rings. The van der Waals surface area contributed by atoms with Gasteiger partial charge in [0.2, 0.25) is 0 Å². The van der Waals surface area contributed by atoms with E-state index in [1.807, 2.05) is 11.9 Å². The summed E-state index contributed by atoms with van der Waals surface area (Å²) in [6.45, 7) is 12.5. The highest BCUT2D eigenvalue weighted by Crippen LogP contribution is 2.35. The van der Waals surface area contributed by atoms with E-state index in [1.165, 1.54) is 11.1 Å². The summed E-state index contributed by atoms with van der Waals surface area (Å²) in [5.74, 6) is -0.176. The summed E-state index contributed by atoms with van der Waals surface area (Å²) in [7, 11) is 0.